The first-order valence-corrected chi connectivity index (χ1v) is 20.2. The van der Waals surface area contributed by atoms with Crippen LogP contribution in [0.5, 0.6) is 0 Å². The first-order chi connectivity index (χ1) is 27.7. The van der Waals surface area contributed by atoms with E-state index in [1.165, 1.54) is 51.5 Å². The Kier molecular flexibility index (Phi) is 7.83. The van der Waals surface area contributed by atoms with Crippen molar-refractivity contribution in [1.29, 1.82) is 0 Å². The Balaban J connectivity index is 1.19. The summed E-state index contributed by atoms with van der Waals surface area (Å²) >= 11 is 3.69. The van der Waals surface area contributed by atoms with Gasteiger partial charge >= 0.3 is 0 Å². The van der Waals surface area contributed by atoms with Crippen LogP contribution in [0, 0.1) is 0 Å². The van der Waals surface area contributed by atoms with Crippen LogP contribution < -0.4 is 0 Å². The number of rotatable bonds is 6. The quantitative estimate of drug-likeness (QED) is 0.170. The first-order valence-electron chi connectivity index (χ1n) is 18.5. The van der Waals surface area contributed by atoms with Crippen molar-refractivity contribution in [1.82, 2.24) is 19.9 Å². The Morgan fingerprint density at radius 3 is 1.43 bits per heavy atom. The van der Waals surface area contributed by atoms with Crippen molar-refractivity contribution in [2.24, 2.45) is 0 Å². The van der Waals surface area contributed by atoms with E-state index in [0.717, 1.165) is 39.1 Å². The number of hydrogen-bond acceptors (Lipinski definition) is 6. The summed E-state index contributed by atoms with van der Waals surface area (Å²) in [6, 6.07) is 61.9. The van der Waals surface area contributed by atoms with Gasteiger partial charge in [-0.15, -0.1) is 22.7 Å². The number of nitrogens with zero attached hydrogens (tertiary/aromatic N) is 4. The SMILES string of the molecule is c1ccc(-c2nc(-c3cc(-c4cccc5c4sc4ccccc45)cc(-c4cccc5c4sc4ccccc45)c3)nc(-c3ccccc3-c3ccccn3)n2)cc1. The minimum absolute atomic E-state index is 0.597. The maximum atomic E-state index is 5.30. The molecule has 0 fully saturated rings. The van der Waals surface area contributed by atoms with Gasteiger partial charge in [0.2, 0.25) is 0 Å². The first kappa shape index (κ1) is 32.6. The van der Waals surface area contributed by atoms with Gasteiger partial charge in [0.25, 0.3) is 0 Å². The molecule has 11 rings (SSSR count). The van der Waals surface area contributed by atoms with E-state index in [9.17, 15) is 0 Å². The average Bonchev–Trinajstić information content (AvgIpc) is 3.85. The minimum Gasteiger partial charge on any atom is -0.256 e. The molecule has 0 aliphatic heterocycles. The molecule has 0 N–H and O–H groups in total. The molecule has 4 nitrogen and oxygen atoms in total. The third kappa shape index (κ3) is 5.58. The van der Waals surface area contributed by atoms with Gasteiger partial charge in [-0.05, 0) is 64.7 Å². The lowest BCUT2D eigenvalue weighted by Gasteiger charge is -2.14. The van der Waals surface area contributed by atoms with Crippen molar-refractivity contribution < 1.29 is 0 Å². The fraction of sp³-hybridized carbons (Fsp3) is 0. The van der Waals surface area contributed by atoms with Gasteiger partial charge < -0.3 is 0 Å². The van der Waals surface area contributed by atoms with Crippen LogP contribution >= 0.6 is 22.7 Å². The van der Waals surface area contributed by atoms with Gasteiger partial charge in [-0.2, -0.15) is 0 Å². The summed E-state index contributed by atoms with van der Waals surface area (Å²) in [4.78, 5) is 20.4. The summed E-state index contributed by atoms with van der Waals surface area (Å²) in [6.45, 7) is 0. The van der Waals surface area contributed by atoms with Gasteiger partial charge in [0, 0.05) is 68.8 Å². The largest absolute Gasteiger partial charge is 0.256 e. The van der Waals surface area contributed by atoms with Crippen molar-refractivity contribution >= 4 is 63.0 Å². The standard InChI is InChI=1S/C50H30N4S2/c1-2-14-31(15-3-1)48-52-49(54-50(53-48)42-19-5-4-16-37(42)43-24-10-11-27-51-43)34-29-32(35-20-12-22-40-38-17-6-8-25-44(38)55-46(35)40)28-33(30-34)36-21-13-23-41-39-18-7-9-26-45(39)56-47(36)41/h1-30H. The summed E-state index contributed by atoms with van der Waals surface area (Å²) in [5.74, 6) is 1.83. The summed E-state index contributed by atoms with van der Waals surface area (Å²) in [7, 11) is 0. The molecule has 0 amide bonds. The number of pyridine rings is 1. The summed E-state index contributed by atoms with van der Waals surface area (Å²) in [5.41, 5.74) is 9.18. The zero-order chi connectivity index (χ0) is 37.0. The highest BCUT2D eigenvalue weighted by molar-refractivity contribution is 7.26. The van der Waals surface area contributed by atoms with Crippen LogP contribution in [0.25, 0.3) is 108 Å². The second kappa shape index (κ2) is 13.5. The summed E-state index contributed by atoms with van der Waals surface area (Å²) < 4.78 is 5.09. The second-order valence-electron chi connectivity index (χ2n) is 13.8. The number of thiophene rings is 2. The van der Waals surface area contributed by atoms with Crippen LogP contribution in [-0.2, 0) is 0 Å². The van der Waals surface area contributed by atoms with E-state index in [1.54, 1.807) is 0 Å². The number of benzene rings is 7. The Hall–Kier alpha value is -6.86. The molecule has 0 saturated heterocycles. The lowest BCUT2D eigenvalue weighted by molar-refractivity contribution is 1.07. The maximum Gasteiger partial charge on any atom is 0.164 e. The monoisotopic (exact) mass is 750 g/mol. The Labute approximate surface area is 331 Å². The lowest BCUT2D eigenvalue weighted by atomic mass is 9.94. The third-order valence-electron chi connectivity index (χ3n) is 10.4. The zero-order valence-corrected chi connectivity index (χ0v) is 31.6. The molecule has 0 bridgehead atoms. The molecule has 0 atom stereocenters. The fourth-order valence-corrected chi connectivity index (χ4v) is 10.3. The topological polar surface area (TPSA) is 51.6 Å². The van der Waals surface area contributed by atoms with Gasteiger partial charge in [-0.3, -0.25) is 4.98 Å². The van der Waals surface area contributed by atoms with Crippen molar-refractivity contribution in [2.75, 3.05) is 0 Å². The third-order valence-corrected chi connectivity index (χ3v) is 12.8. The van der Waals surface area contributed by atoms with E-state index in [0.29, 0.717) is 17.5 Å². The molecule has 0 aliphatic carbocycles. The van der Waals surface area contributed by atoms with Crippen molar-refractivity contribution in [2.45, 2.75) is 0 Å². The highest BCUT2D eigenvalue weighted by Gasteiger charge is 2.20. The fourth-order valence-electron chi connectivity index (χ4n) is 7.78. The highest BCUT2D eigenvalue weighted by atomic mass is 32.1. The van der Waals surface area contributed by atoms with E-state index < -0.39 is 0 Å². The molecule has 7 aromatic carbocycles. The number of hydrogen-bond donors (Lipinski definition) is 0. The zero-order valence-electron chi connectivity index (χ0n) is 29.9. The lowest BCUT2D eigenvalue weighted by Crippen LogP contribution is -2.01. The van der Waals surface area contributed by atoms with Crippen molar-refractivity contribution in [3.63, 3.8) is 0 Å². The van der Waals surface area contributed by atoms with Crippen LogP contribution in [-0.4, -0.2) is 19.9 Å². The van der Waals surface area contributed by atoms with Crippen LogP contribution in [0.3, 0.4) is 0 Å². The van der Waals surface area contributed by atoms with Gasteiger partial charge in [0.15, 0.2) is 17.5 Å². The minimum atomic E-state index is 0.597. The average molecular weight is 751 g/mol. The predicted molar refractivity (Wildman–Crippen MR) is 236 cm³/mol. The molecule has 0 unspecified atom stereocenters. The molecule has 11 aromatic rings. The second-order valence-corrected chi connectivity index (χ2v) is 15.9. The molecular formula is C50H30N4S2. The molecule has 0 spiro atoms. The Bertz CT molecular complexity index is 3130. The number of aromatic nitrogens is 4. The van der Waals surface area contributed by atoms with Gasteiger partial charge in [0.1, 0.15) is 0 Å². The molecule has 0 radical (unpaired) electrons. The molecule has 6 heteroatoms. The molecule has 0 saturated carbocycles. The number of fused-ring (bicyclic) bond motifs is 6. The van der Waals surface area contributed by atoms with Gasteiger partial charge in [0.05, 0.1) is 5.69 Å². The van der Waals surface area contributed by atoms with Crippen molar-refractivity contribution in [3.8, 4) is 67.7 Å². The van der Waals surface area contributed by atoms with Gasteiger partial charge in [-0.25, -0.2) is 15.0 Å². The van der Waals surface area contributed by atoms with Crippen LogP contribution in [0.2, 0.25) is 0 Å². The van der Waals surface area contributed by atoms with Crippen LogP contribution in [0.1, 0.15) is 0 Å². The molecule has 0 aliphatic rings. The van der Waals surface area contributed by atoms with Gasteiger partial charge in [-0.1, -0.05) is 133 Å². The molecule has 4 aromatic heterocycles. The highest BCUT2D eigenvalue weighted by Crippen LogP contribution is 2.45. The van der Waals surface area contributed by atoms with E-state index in [4.69, 9.17) is 19.9 Å². The normalized spacial score (nSPS) is 11.6. The van der Waals surface area contributed by atoms with E-state index in [2.05, 4.69) is 127 Å². The molecule has 4 heterocycles. The molecular weight excluding hydrogens is 721 g/mol. The molecule has 262 valence electrons. The van der Waals surface area contributed by atoms with E-state index in [-0.39, 0.29) is 0 Å². The van der Waals surface area contributed by atoms with E-state index >= 15 is 0 Å². The Morgan fingerprint density at radius 2 is 0.804 bits per heavy atom. The molecule has 56 heavy (non-hydrogen) atoms. The van der Waals surface area contributed by atoms with E-state index in [1.807, 2.05) is 77.4 Å². The summed E-state index contributed by atoms with van der Waals surface area (Å²) in [5, 5.41) is 5.09. The summed E-state index contributed by atoms with van der Waals surface area (Å²) in [6.07, 6.45) is 1.82. The smallest absolute Gasteiger partial charge is 0.164 e. The van der Waals surface area contributed by atoms with Crippen molar-refractivity contribution in [3.05, 3.63) is 182 Å². The predicted octanol–water partition coefficient (Wildman–Crippen LogP) is 14.0. The Morgan fingerprint density at radius 1 is 0.321 bits per heavy atom. The maximum absolute atomic E-state index is 5.30. The van der Waals surface area contributed by atoms with Crippen LogP contribution in [0.4, 0.5) is 0 Å². The van der Waals surface area contributed by atoms with Crippen LogP contribution in [0.15, 0.2) is 182 Å².